The number of aromatic nitrogens is 4. The Hall–Kier alpha value is -3.61. The van der Waals surface area contributed by atoms with Crippen molar-refractivity contribution in [3.63, 3.8) is 0 Å². The standard InChI is InChI=1S/C21H20N4O3/c1-27-18-8-7-15(13-19(18)28-2)20-16-5-3-4-6-17(16)21(26)25(23-20)12-11-24-10-9-22-14-24/h3-10,13-14H,11-12H2,1-2H3. The first-order valence-corrected chi connectivity index (χ1v) is 8.89. The lowest BCUT2D eigenvalue weighted by Crippen LogP contribution is -2.25. The summed E-state index contributed by atoms with van der Waals surface area (Å²) in [7, 11) is 3.20. The van der Waals surface area contributed by atoms with Gasteiger partial charge in [0, 0.05) is 29.9 Å². The predicted octanol–water partition coefficient (Wildman–Crippen LogP) is 2.98. The van der Waals surface area contributed by atoms with Gasteiger partial charge in [-0.25, -0.2) is 9.67 Å². The lowest BCUT2D eigenvalue weighted by molar-refractivity contribution is 0.355. The summed E-state index contributed by atoms with van der Waals surface area (Å²) in [5, 5.41) is 6.11. The summed E-state index contributed by atoms with van der Waals surface area (Å²) in [6.07, 6.45) is 5.30. The molecule has 7 nitrogen and oxygen atoms in total. The Bertz CT molecular complexity index is 1170. The number of rotatable bonds is 6. The van der Waals surface area contributed by atoms with Gasteiger partial charge in [-0.2, -0.15) is 5.10 Å². The molecule has 0 atom stereocenters. The van der Waals surface area contributed by atoms with Crippen LogP contribution in [0.5, 0.6) is 11.5 Å². The summed E-state index contributed by atoms with van der Waals surface area (Å²) >= 11 is 0. The molecule has 0 bridgehead atoms. The maximum atomic E-state index is 12.9. The van der Waals surface area contributed by atoms with Gasteiger partial charge in [-0.1, -0.05) is 18.2 Å². The van der Waals surface area contributed by atoms with E-state index in [0.717, 1.165) is 16.6 Å². The van der Waals surface area contributed by atoms with Crippen molar-refractivity contribution < 1.29 is 9.47 Å². The van der Waals surface area contributed by atoms with Gasteiger partial charge in [0.25, 0.3) is 5.56 Å². The molecular weight excluding hydrogens is 356 g/mol. The molecule has 0 aliphatic rings. The number of hydrogen-bond acceptors (Lipinski definition) is 5. The molecule has 0 amide bonds. The fraction of sp³-hybridized carbons (Fsp3) is 0.190. The van der Waals surface area contributed by atoms with Crippen molar-refractivity contribution in [3.8, 4) is 22.8 Å². The highest BCUT2D eigenvalue weighted by molar-refractivity contribution is 5.94. The Kier molecular flexibility index (Phi) is 4.80. The molecule has 2 aromatic carbocycles. The zero-order chi connectivity index (χ0) is 19.5. The number of hydrogen-bond donors (Lipinski definition) is 0. The number of ether oxygens (including phenoxy) is 2. The van der Waals surface area contributed by atoms with E-state index in [2.05, 4.69) is 10.1 Å². The van der Waals surface area contributed by atoms with Crippen LogP contribution >= 0.6 is 0 Å². The largest absolute Gasteiger partial charge is 0.493 e. The van der Waals surface area contributed by atoms with E-state index in [-0.39, 0.29) is 5.56 Å². The lowest BCUT2D eigenvalue weighted by Gasteiger charge is -2.13. The van der Waals surface area contributed by atoms with Crippen LogP contribution in [0, 0.1) is 0 Å². The van der Waals surface area contributed by atoms with E-state index >= 15 is 0 Å². The molecular formula is C21H20N4O3. The minimum atomic E-state index is -0.111. The molecule has 0 aliphatic carbocycles. The van der Waals surface area contributed by atoms with Crippen molar-refractivity contribution in [1.29, 1.82) is 0 Å². The maximum absolute atomic E-state index is 12.9. The molecule has 0 aliphatic heterocycles. The normalized spacial score (nSPS) is 10.9. The molecule has 2 heterocycles. The summed E-state index contributed by atoms with van der Waals surface area (Å²) in [5.41, 5.74) is 1.46. The molecule has 0 fully saturated rings. The van der Waals surface area contributed by atoms with Crippen LogP contribution in [-0.2, 0) is 13.1 Å². The summed E-state index contributed by atoms with van der Waals surface area (Å²) in [5.74, 6) is 1.26. The second kappa shape index (κ2) is 7.56. The van der Waals surface area contributed by atoms with Crippen LogP contribution in [0.1, 0.15) is 0 Å². The molecule has 0 N–H and O–H groups in total. The van der Waals surface area contributed by atoms with Gasteiger partial charge in [0.15, 0.2) is 11.5 Å². The molecule has 7 heteroatoms. The van der Waals surface area contributed by atoms with Crippen molar-refractivity contribution in [2.24, 2.45) is 0 Å². The first-order chi connectivity index (χ1) is 13.7. The van der Waals surface area contributed by atoms with E-state index in [9.17, 15) is 4.79 Å². The van der Waals surface area contributed by atoms with Crippen LogP contribution < -0.4 is 15.0 Å². The Morgan fingerprint density at radius 3 is 2.46 bits per heavy atom. The molecule has 0 radical (unpaired) electrons. The van der Waals surface area contributed by atoms with Crippen molar-refractivity contribution in [3.05, 3.63) is 71.5 Å². The number of methoxy groups -OCH3 is 2. The molecule has 28 heavy (non-hydrogen) atoms. The zero-order valence-electron chi connectivity index (χ0n) is 15.7. The Morgan fingerprint density at radius 2 is 1.75 bits per heavy atom. The SMILES string of the molecule is COc1ccc(-c2nn(CCn3ccnc3)c(=O)c3ccccc23)cc1OC. The van der Waals surface area contributed by atoms with E-state index in [0.29, 0.717) is 30.0 Å². The molecule has 4 aromatic rings. The van der Waals surface area contributed by atoms with Crippen LogP contribution in [0.3, 0.4) is 0 Å². The number of imidazole rings is 1. The van der Waals surface area contributed by atoms with E-state index in [1.54, 1.807) is 26.7 Å². The number of aryl methyl sites for hydroxylation is 2. The van der Waals surface area contributed by atoms with Crippen molar-refractivity contribution in [1.82, 2.24) is 19.3 Å². The molecule has 0 saturated carbocycles. The third-order valence-corrected chi connectivity index (χ3v) is 4.65. The first kappa shape index (κ1) is 17.8. The van der Waals surface area contributed by atoms with Gasteiger partial charge in [-0.05, 0) is 24.3 Å². The maximum Gasteiger partial charge on any atom is 0.274 e. The minimum absolute atomic E-state index is 0.111. The highest BCUT2D eigenvalue weighted by Gasteiger charge is 2.14. The van der Waals surface area contributed by atoms with Gasteiger partial charge in [0.1, 0.15) is 0 Å². The quantitative estimate of drug-likeness (QED) is 0.517. The Labute approximate surface area is 161 Å². The molecule has 0 spiro atoms. The number of benzene rings is 2. The fourth-order valence-corrected chi connectivity index (χ4v) is 3.21. The van der Waals surface area contributed by atoms with Crippen LogP contribution in [0.25, 0.3) is 22.0 Å². The third kappa shape index (κ3) is 3.22. The number of fused-ring (bicyclic) bond motifs is 1. The molecule has 4 rings (SSSR count). The van der Waals surface area contributed by atoms with Gasteiger partial charge in [-0.15, -0.1) is 0 Å². The average molecular weight is 376 g/mol. The summed E-state index contributed by atoms with van der Waals surface area (Å²) in [4.78, 5) is 17.0. The van der Waals surface area contributed by atoms with Gasteiger partial charge >= 0.3 is 0 Å². The summed E-state index contributed by atoms with van der Waals surface area (Å²) < 4.78 is 14.2. The van der Waals surface area contributed by atoms with Crippen LogP contribution in [0.4, 0.5) is 0 Å². The second-order valence-electron chi connectivity index (χ2n) is 6.29. The van der Waals surface area contributed by atoms with Gasteiger partial charge in [-0.3, -0.25) is 4.79 Å². The van der Waals surface area contributed by atoms with Crippen LogP contribution in [0.2, 0.25) is 0 Å². The van der Waals surface area contributed by atoms with Crippen molar-refractivity contribution in [2.45, 2.75) is 13.1 Å². The highest BCUT2D eigenvalue weighted by Crippen LogP contribution is 2.33. The smallest absolute Gasteiger partial charge is 0.274 e. The Morgan fingerprint density at radius 1 is 0.964 bits per heavy atom. The number of nitrogens with zero attached hydrogens (tertiary/aromatic N) is 4. The minimum Gasteiger partial charge on any atom is -0.493 e. The van der Waals surface area contributed by atoms with Crippen molar-refractivity contribution in [2.75, 3.05) is 14.2 Å². The first-order valence-electron chi connectivity index (χ1n) is 8.89. The summed E-state index contributed by atoms with van der Waals surface area (Å²) in [6, 6.07) is 13.1. The van der Waals surface area contributed by atoms with Gasteiger partial charge in [0.2, 0.25) is 0 Å². The van der Waals surface area contributed by atoms with Crippen LogP contribution in [-0.4, -0.2) is 33.6 Å². The monoisotopic (exact) mass is 376 g/mol. The second-order valence-corrected chi connectivity index (χ2v) is 6.29. The highest BCUT2D eigenvalue weighted by atomic mass is 16.5. The zero-order valence-corrected chi connectivity index (χ0v) is 15.7. The third-order valence-electron chi connectivity index (χ3n) is 4.65. The van der Waals surface area contributed by atoms with E-state index in [1.165, 1.54) is 4.68 Å². The van der Waals surface area contributed by atoms with Crippen molar-refractivity contribution >= 4 is 10.8 Å². The molecule has 0 saturated heterocycles. The van der Waals surface area contributed by atoms with Crippen LogP contribution in [0.15, 0.2) is 66.0 Å². The fourth-order valence-electron chi connectivity index (χ4n) is 3.21. The topological polar surface area (TPSA) is 71.2 Å². The predicted molar refractivity (Wildman–Crippen MR) is 107 cm³/mol. The van der Waals surface area contributed by atoms with E-state index in [4.69, 9.17) is 9.47 Å². The van der Waals surface area contributed by atoms with E-state index in [1.807, 2.05) is 53.2 Å². The summed E-state index contributed by atoms with van der Waals surface area (Å²) in [6.45, 7) is 1.05. The average Bonchev–Trinajstić information content (AvgIpc) is 3.26. The van der Waals surface area contributed by atoms with Gasteiger partial charge < -0.3 is 14.0 Å². The van der Waals surface area contributed by atoms with Gasteiger partial charge in [0.05, 0.1) is 38.2 Å². The molecule has 0 unspecified atom stereocenters. The lowest BCUT2D eigenvalue weighted by atomic mass is 10.0. The molecule has 142 valence electrons. The van der Waals surface area contributed by atoms with E-state index < -0.39 is 0 Å². The Balaban J connectivity index is 1.85. The molecule has 2 aromatic heterocycles.